The lowest BCUT2D eigenvalue weighted by Gasteiger charge is -2.36. The minimum atomic E-state index is 0.515. The molecule has 1 aromatic rings. The van der Waals surface area contributed by atoms with E-state index in [0.29, 0.717) is 5.92 Å². The van der Waals surface area contributed by atoms with Crippen LogP contribution < -0.4 is 4.90 Å². The van der Waals surface area contributed by atoms with Crippen molar-refractivity contribution in [3.63, 3.8) is 0 Å². The summed E-state index contributed by atoms with van der Waals surface area (Å²) in [5.41, 5.74) is 3.87. The molecule has 0 bridgehead atoms. The highest BCUT2D eigenvalue weighted by molar-refractivity contribution is 5.48. The predicted octanol–water partition coefficient (Wildman–Crippen LogP) is 2.80. The van der Waals surface area contributed by atoms with Gasteiger partial charge in [-0.25, -0.2) is 0 Å². The summed E-state index contributed by atoms with van der Waals surface area (Å²) in [6.07, 6.45) is 4.91. The Bertz CT molecular complexity index is 443. The lowest BCUT2D eigenvalue weighted by molar-refractivity contribution is 0.248. The van der Waals surface area contributed by atoms with Crippen molar-refractivity contribution >= 4 is 5.69 Å². The summed E-state index contributed by atoms with van der Waals surface area (Å²) in [6, 6.07) is 3.22. The molecule has 3 nitrogen and oxygen atoms in total. The van der Waals surface area contributed by atoms with E-state index < -0.39 is 0 Å². The van der Waals surface area contributed by atoms with Crippen molar-refractivity contribution in [2.45, 2.75) is 45.6 Å². The second-order valence-corrected chi connectivity index (χ2v) is 6.30. The number of nitrogens with zero attached hydrogens (tertiary/aromatic N) is 3. The molecule has 1 saturated carbocycles. The second-order valence-electron chi connectivity index (χ2n) is 6.30. The maximum atomic E-state index is 4.66. The van der Waals surface area contributed by atoms with E-state index in [1.807, 2.05) is 0 Å². The minimum absolute atomic E-state index is 0.515. The highest BCUT2D eigenvalue weighted by atomic mass is 15.3. The molecule has 2 aliphatic rings. The van der Waals surface area contributed by atoms with Crippen LogP contribution in [0.1, 0.15) is 43.9 Å². The number of hydrogen-bond donors (Lipinski definition) is 0. The summed E-state index contributed by atoms with van der Waals surface area (Å²) in [5, 5.41) is 0. The number of hydrogen-bond acceptors (Lipinski definition) is 3. The molecule has 1 saturated heterocycles. The molecule has 0 radical (unpaired) electrons. The second kappa shape index (κ2) is 5.12. The monoisotopic (exact) mass is 259 g/mol. The zero-order chi connectivity index (χ0) is 13.4. The van der Waals surface area contributed by atoms with Crippen molar-refractivity contribution in [2.75, 3.05) is 31.1 Å². The molecule has 3 heteroatoms. The van der Waals surface area contributed by atoms with Crippen LogP contribution in [-0.2, 0) is 0 Å². The zero-order valence-corrected chi connectivity index (χ0v) is 12.4. The van der Waals surface area contributed by atoms with Gasteiger partial charge in [0.25, 0.3) is 0 Å². The van der Waals surface area contributed by atoms with Crippen LogP contribution in [0.2, 0.25) is 0 Å². The van der Waals surface area contributed by atoms with Gasteiger partial charge in [0.2, 0.25) is 0 Å². The topological polar surface area (TPSA) is 19.4 Å². The van der Waals surface area contributed by atoms with Crippen molar-refractivity contribution < 1.29 is 0 Å². The molecule has 1 aromatic heterocycles. The lowest BCUT2D eigenvalue weighted by atomic mass is 10.0. The van der Waals surface area contributed by atoms with E-state index >= 15 is 0 Å². The SMILES string of the molecule is Cc1cc(N2CCN(C3CC3)CC2)cnc1C(C)C. The first-order valence-corrected chi connectivity index (χ1v) is 7.60. The molecule has 104 valence electrons. The van der Waals surface area contributed by atoms with Crippen LogP contribution >= 0.6 is 0 Å². The van der Waals surface area contributed by atoms with Crippen molar-refractivity contribution in [1.29, 1.82) is 0 Å². The number of aromatic nitrogens is 1. The van der Waals surface area contributed by atoms with Crippen LogP contribution in [0.25, 0.3) is 0 Å². The van der Waals surface area contributed by atoms with Gasteiger partial charge in [-0.2, -0.15) is 0 Å². The molecule has 1 aliphatic carbocycles. The van der Waals surface area contributed by atoms with E-state index in [-0.39, 0.29) is 0 Å². The van der Waals surface area contributed by atoms with Crippen LogP contribution in [0, 0.1) is 6.92 Å². The Morgan fingerprint density at radius 2 is 1.84 bits per heavy atom. The first-order chi connectivity index (χ1) is 9.15. The van der Waals surface area contributed by atoms with Crippen molar-refractivity contribution in [2.24, 2.45) is 0 Å². The van der Waals surface area contributed by atoms with Gasteiger partial charge in [-0.1, -0.05) is 13.8 Å². The molecule has 0 spiro atoms. The van der Waals surface area contributed by atoms with E-state index in [1.165, 1.54) is 42.9 Å². The maximum absolute atomic E-state index is 4.66. The van der Waals surface area contributed by atoms with Gasteiger partial charge >= 0.3 is 0 Å². The summed E-state index contributed by atoms with van der Waals surface area (Å²) in [5.74, 6) is 0.515. The molecule has 0 unspecified atom stereocenters. The molecule has 3 rings (SSSR count). The van der Waals surface area contributed by atoms with E-state index in [1.54, 1.807) is 0 Å². The third-order valence-electron chi connectivity index (χ3n) is 4.39. The van der Waals surface area contributed by atoms with Crippen molar-refractivity contribution in [3.8, 4) is 0 Å². The van der Waals surface area contributed by atoms with E-state index in [4.69, 9.17) is 0 Å². The van der Waals surface area contributed by atoms with Crippen LogP contribution in [0.15, 0.2) is 12.3 Å². The summed E-state index contributed by atoms with van der Waals surface area (Å²) >= 11 is 0. The fourth-order valence-electron chi connectivity index (χ4n) is 3.13. The van der Waals surface area contributed by atoms with Crippen LogP contribution in [0.5, 0.6) is 0 Å². The summed E-state index contributed by atoms with van der Waals surface area (Å²) in [7, 11) is 0. The third kappa shape index (κ3) is 2.76. The van der Waals surface area contributed by atoms with Gasteiger partial charge in [-0.3, -0.25) is 9.88 Å². The maximum Gasteiger partial charge on any atom is 0.0556 e. The van der Waals surface area contributed by atoms with Crippen LogP contribution in [0.4, 0.5) is 5.69 Å². The first kappa shape index (κ1) is 12.9. The molecule has 1 aliphatic heterocycles. The van der Waals surface area contributed by atoms with Gasteiger partial charge in [0.1, 0.15) is 0 Å². The lowest BCUT2D eigenvalue weighted by Crippen LogP contribution is -2.47. The average Bonchev–Trinajstić information content (AvgIpc) is 3.22. The van der Waals surface area contributed by atoms with Gasteiger partial charge in [0.15, 0.2) is 0 Å². The average molecular weight is 259 g/mol. The third-order valence-corrected chi connectivity index (χ3v) is 4.39. The Balaban J connectivity index is 1.67. The molecule has 0 amide bonds. The van der Waals surface area contributed by atoms with E-state index in [9.17, 15) is 0 Å². The molecule has 2 heterocycles. The molecule has 19 heavy (non-hydrogen) atoms. The Morgan fingerprint density at radius 3 is 2.37 bits per heavy atom. The fraction of sp³-hybridized carbons (Fsp3) is 0.688. The quantitative estimate of drug-likeness (QED) is 0.832. The van der Waals surface area contributed by atoms with Crippen molar-refractivity contribution in [3.05, 3.63) is 23.5 Å². The van der Waals surface area contributed by atoms with Gasteiger partial charge in [0, 0.05) is 37.9 Å². The molecule has 0 aromatic carbocycles. The largest absolute Gasteiger partial charge is 0.368 e. The highest BCUT2D eigenvalue weighted by Gasteiger charge is 2.31. The Labute approximate surface area is 116 Å². The van der Waals surface area contributed by atoms with Crippen LogP contribution in [-0.4, -0.2) is 42.1 Å². The summed E-state index contributed by atoms with van der Waals surface area (Å²) < 4.78 is 0. The molecule has 0 N–H and O–H groups in total. The highest BCUT2D eigenvalue weighted by Crippen LogP contribution is 2.29. The standard InChI is InChI=1S/C16H25N3/c1-12(2)16-13(3)10-15(11-17-16)19-8-6-18(7-9-19)14-4-5-14/h10-12,14H,4-9H2,1-3H3. The molecular formula is C16H25N3. The Morgan fingerprint density at radius 1 is 1.16 bits per heavy atom. The van der Waals surface area contributed by atoms with E-state index in [0.717, 1.165) is 19.1 Å². The number of pyridine rings is 1. The molecule has 0 atom stereocenters. The summed E-state index contributed by atoms with van der Waals surface area (Å²) in [6.45, 7) is 11.3. The molecular weight excluding hydrogens is 234 g/mol. The fourth-order valence-corrected chi connectivity index (χ4v) is 3.13. The normalized spacial score (nSPS) is 21.2. The van der Waals surface area contributed by atoms with Gasteiger partial charge in [-0.05, 0) is 37.3 Å². The predicted molar refractivity (Wildman–Crippen MR) is 79.9 cm³/mol. The summed E-state index contributed by atoms with van der Waals surface area (Å²) in [4.78, 5) is 9.81. The van der Waals surface area contributed by atoms with Gasteiger partial charge in [-0.15, -0.1) is 0 Å². The smallest absolute Gasteiger partial charge is 0.0556 e. The zero-order valence-electron chi connectivity index (χ0n) is 12.4. The number of rotatable bonds is 3. The molecule has 2 fully saturated rings. The number of piperazine rings is 1. The van der Waals surface area contributed by atoms with Gasteiger partial charge in [0.05, 0.1) is 11.9 Å². The first-order valence-electron chi connectivity index (χ1n) is 7.60. The Kier molecular flexibility index (Phi) is 3.48. The number of anilines is 1. The van der Waals surface area contributed by atoms with Crippen molar-refractivity contribution in [1.82, 2.24) is 9.88 Å². The minimum Gasteiger partial charge on any atom is -0.368 e. The van der Waals surface area contributed by atoms with Crippen LogP contribution in [0.3, 0.4) is 0 Å². The Hall–Kier alpha value is -1.09. The van der Waals surface area contributed by atoms with Gasteiger partial charge < -0.3 is 4.90 Å². The van der Waals surface area contributed by atoms with E-state index in [2.05, 4.69) is 47.8 Å². The number of aryl methyl sites for hydroxylation is 1.